The summed E-state index contributed by atoms with van der Waals surface area (Å²) in [5.41, 5.74) is 0. The van der Waals surface area contributed by atoms with Crippen molar-refractivity contribution in [3.8, 4) is 5.88 Å². The normalized spacial score (nSPS) is 23.4. The van der Waals surface area contributed by atoms with Crippen LogP contribution in [0.1, 0.15) is 20.3 Å². The van der Waals surface area contributed by atoms with Crippen LogP contribution < -0.4 is 9.64 Å². The van der Waals surface area contributed by atoms with E-state index in [4.69, 9.17) is 21.1 Å². The van der Waals surface area contributed by atoms with Crippen LogP contribution in [0.2, 0.25) is 0 Å². The van der Waals surface area contributed by atoms with Gasteiger partial charge in [-0.05, 0) is 13.3 Å². The van der Waals surface area contributed by atoms with Crippen molar-refractivity contribution < 1.29 is 9.47 Å². The van der Waals surface area contributed by atoms with E-state index in [-0.39, 0.29) is 12.1 Å². The molecule has 6 heteroatoms. The Morgan fingerprint density at radius 2 is 2.42 bits per heavy atom. The third-order valence-corrected chi connectivity index (χ3v) is 3.35. The van der Waals surface area contributed by atoms with Gasteiger partial charge in [-0.1, -0.05) is 6.92 Å². The number of hydrogen-bond donors (Lipinski definition) is 0. The molecular formula is C13H20ClN3O2. The van der Waals surface area contributed by atoms with Gasteiger partial charge in [0, 0.05) is 18.8 Å². The van der Waals surface area contributed by atoms with Crippen LogP contribution in [0.4, 0.5) is 5.95 Å². The Balaban J connectivity index is 2.10. The maximum Gasteiger partial charge on any atom is 0.229 e. The first kappa shape index (κ1) is 14.3. The smallest absolute Gasteiger partial charge is 0.229 e. The van der Waals surface area contributed by atoms with Crippen molar-refractivity contribution in [2.75, 3.05) is 30.5 Å². The van der Waals surface area contributed by atoms with E-state index in [1.165, 1.54) is 0 Å². The van der Waals surface area contributed by atoms with Gasteiger partial charge >= 0.3 is 0 Å². The molecule has 0 aromatic carbocycles. The Morgan fingerprint density at radius 1 is 1.58 bits per heavy atom. The second-order valence-electron chi connectivity index (χ2n) is 4.65. The number of aromatic nitrogens is 2. The van der Waals surface area contributed by atoms with Crippen LogP contribution >= 0.6 is 11.6 Å². The second-order valence-corrected chi connectivity index (χ2v) is 4.96. The highest BCUT2D eigenvalue weighted by molar-refractivity contribution is 6.18. The van der Waals surface area contributed by atoms with Crippen LogP contribution in [-0.2, 0) is 4.74 Å². The van der Waals surface area contributed by atoms with E-state index in [0.29, 0.717) is 37.5 Å². The van der Waals surface area contributed by atoms with E-state index >= 15 is 0 Å². The largest absolute Gasteiger partial charge is 0.478 e. The summed E-state index contributed by atoms with van der Waals surface area (Å²) in [7, 11) is 0. The number of ether oxygens (including phenoxy) is 2. The van der Waals surface area contributed by atoms with Crippen LogP contribution in [0.5, 0.6) is 5.88 Å². The predicted molar refractivity (Wildman–Crippen MR) is 75.1 cm³/mol. The number of nitrogens with zero attached hydrogens (tertiary/aromatic N) is 3. The zero-order valence-electron chi connectivity index (χ0n) is 11.4. The number of hydrogen-bond acceptors (Lipinski definition) is 5. The van der Waals surface area contributed by atoms with Crippen molar-refractivity contribution >= 4 is 17.5 Å². The van der Waals surface area contributed by atoms with E-state index in [0.717, 1.165) is 6.42 Å². The van der Waals surface area contributed by atoms with Crippen molar-refractivity contribution in [3.05, 3.63) is 12.3 Å². The molecular weight excluding hydrogens is 266 g/mol. The lowest BCUT2D eigenvalue weighted by Gasteiger charge is -2.37. The minimum Gasteiger partial charge on any atom is -0.478 e. The fourth-order valence-electron chi connectivity index (χ4n) is 1.95. The number of halogens is 1. The van der Waals surface area contributed by atoms with Crippen molar-refractivity contribution in [1.29, 1.82) is 0 Å². The Hall–Kier alpha value is -1.07. The Kier molecular flexibility index (Phi) is 5.22. The summed E-state index contributed by atoms with van der Waals surface area (Å²) >= 11 is 5.86. The van der Waals surface area contributed by atoms with E-state index in [2.05, 4.69) is 28.7 Å². The Bertz CT molecular complexity index is 405. The molecule has 0 spiro atoms. The van der Waals surface area contributed by atoms with E-state index in [9.17, 15) is 0 Å². The summed E-state index contributed by atoms with van der Waals surface area (Å²) in [6.07, 6.45) is 2.72. The van der Waals surface area contributed by atoms with Crippen molar-refractivity contribution in [2.45, 2.75) is 32.4 Å². The molecule has 0 N–H and O–H groups in total. The SMILES string of the molecule is CCCOc1ccnc(N2CC(CCl)OCC2C)n1. The maximum atomic E-state index is 5.86. The molecule has 2 rings (SSSR count). The average molecular weight is 286 g/mol. The summed E-state index contributed by atoms with van der Waals surface area (Å²) in [5.74, 6) is 1.78. The molecule has 1 aliphatic rings. The van der Waals surface area contributed by atoms with Gasteiger partial charge < -0.3 is 14.4 Å². The molecule has 1 aliphatic heterocycles. The molecule has 0 saturated carbocycles. The minimum atomic E-state index is 0.0293. The third-order valence-electron chi connectivity index (χ3n) is 3.01. The standard InChI is InChI=1S/C13H20ClN3O2/c1-3-6-18-12-4-5-15-13(16-12)17-8-11(7-14)19-9-10(17)2/h4-5,10-11H,3,6-9H2,1-2H3. The Morgan fingerprint density at radius 3 is 3.16 bits per heavy atom. The molecule has 0 amide bonds. The number of morpholine rings is 1. The average Bonchev–Trinajstić information content (AvgIpc) is 2.46. The maximum absolute atomic E-state index is 5.86. The summed E-state index contributed by atoms with van der Waals surface area (Å²) in [6.45, 7) is 6.17. The highest BCUT2D eigenvalue weighted by atomic mass is 35.5. The van der Waals surface area contributed by atoms with Gasteiger partial charge in [-0.2, -0.15) is 4.98 Å². The predicted octanol–water partition coefficient (Wildman–Crippen LogP) is 2.10. The minimum absolute atomic E-state index is 0.0293. The molecule has 106 valence electrons. The van der Waals surface area contributed by atoms with Crippen molar-refractivity contribution in [1.82, 2.24) is 9.97 Å². The van der Waals surface area contributed by atoms with Crippen LogP contribution in [0.25, 0.3) is 0 Å². The van der Waals surface area contributed by atoms with Gasteiger partial charge in [0.25, 0.3) is 0 Å². The number of alkyl halides is 1. The molecule has 2 atom stereocenters. The molecule has 0 bridgehead atoms. The molecule has 5 nitrogen and oxygen atoms in total. The lowest BCUT2D eigenvalue weighted by Crippen LogP contribution is -2.49. The first-order valence-corrected chi connectivity index (χ1v) is 7.18. The molecule has 1 aromatic rings. The summed E-state index contributed by atoms with van der Waals surface area (Å²) < 4.78 is 11.2. The topological polar surface area (TPSA) is 47.5 Å². The molecule has 19 heavy (non-hydrogen) atoms. The zero-order chi connectivity index (χ0) is 13.7. The second kappa shape index (κ2) is 6.91. The molecule has 0 aliphatic carbocycles. The molecule has 0 radical (unpaired) electrons. The van der Waals surface area contributed by atoms with Crippen LogP contribution in [0.3, 0.4) is 0 Å². The monoisotopic (exact) mass is 285 g/mol. The quantitative estimate of drug-likeness (QED) is 0.776. The van der Waals surface area contributed by atoms with E-state index in [1.54, 1.807) is 12.3 Å². The first-order valence-electron chi connectivity index (χ1n) is 6.64. The third kappa shape index (κ3) is 3.70. The van der Waals surface area contributed by atoms with Gasteiger partial charge in [0.15, 0.2) is 0 Å². The van der Waals surface area contributed by atoms with E-state index in [1.807, 2.05) is 0 Å². The van der Waals surface area contributed by atoms with Gasteiger partial charge in [-0.15, -0.1) is 11.6 Å². The van der Waals surface area contributed by atoms with Crippen LogP contribution in [-0.4, -0.2) is 47.8 Å². The lowest BCUT2D eigenvalue weighted by molar-refractivity contribution is 0.0357. The zero-order valence-corrected chi connectivity index (χ0v) is 12.1. The van der Waals surface area contributed by atoms with Gasteiger partial charge in [-0.3, -0.25) is 0 Å². The van der Waals surface area contributed by atoms with Crippen molar-refractivity contribution in [3.63, 3.8) is 0 Å². The summed E-state index contributed by atoms with van der Waals surface area (Å²) in [5, 5.41) is 0. The fraction of sp³-hybridized carbons (Fsp3) is 0.692. The fourth-order valence-corrected chi connectivity index (χ4v) is 2.13. The molecule has 2 unspecified atom stereocenters. The molecule has 1 fully saturated rings. The summed E-state index contributed by atoms with van der Waals surface area (Å²) in [4.78, 5) is 10.9. The Labute approximate surface area is 118 Å². The number of anilines is 1. The molecule has 2 heterocycles. The first-order chi connectivity index (χ1) is 9.24. The highest BCUT2D eigenvalue weighted by Crippen LogP contribution is 2.20. The highest BCUT2D eigenvalue weighted by Gasteiger charge is 2.27. The molecule has 1 aromatic heterocycles. The van der Waals surface area contributed by atoms with E-state index < -0.39 is 0 Å². The van der Waals surface area contributed by atoms with Gasteiger partial charge in [0.05, 0.1) is 31.2 Å². The summed E-state index contributed by atoms with van der Waals surface area (Å²) in [6, 6.07) is 2.02. The lowest BCUT2D eigenvalue weighted by atomic mass is 10.2. The van der Waals surface area contributed by atoms with Crippen LogP contribution in [0, 0.1) is 0 Å². The van der Waals surface area contributed by atoms with Crippen molar-refractivity contribution in [2.24, 2.45) is 0 Å². The van der Waals surface area contributed by atoms with Gasteiger partial charge in [-0.25, -0.2) is 4.98 Å². The van der Waals surface area contributed by atoms with Gasteiger partial charge in [0.2, 0.25) is 11.8 Å². The number of rotatable bonds is 5. The van der Waals surface area contributed by atoms with Gasteiger partial charge in [0.1, 0.15) is 0 Å². The van der Waals surface area contributed by atoms with Crippen LogP contribution in [0.15, 0.2) is 12.3 Å². The molecule has 1 saturated heterocycles.